The standard InChI is InChI=1S/C25H28N4O3/c1-16-7-5-6-10-19(16)15-26-21-22(28-25(32)29-23(21)30)24(31)27-20-13-11-18(12-14-20)17-8-3-2-4-9-17/h2-10,18,20,26H,11-15H2,1H3,(H,27,31)(H2,28,29,30,32). The van der Waals surface area contributed by atoms with Crippen LogP contribution in [0.1, 0.15) is 58.8 Å². The zero-order valence-corrected chi connectivity index (χ0v) is 18.1. The lowest BCUT2D eigenvalue weighted by molar-refractivity contribution is 0.0921. The van der Waals surface area contributed by atoms with E-state index in [-0.39, 0.29) is 17.4 Å². The van der Waals surface area contributed by atoms with Crippen LogP contribution in [0.3, 0.4) is 0 Å². The van der Waals surface area contributed by atoms with Crippen LogP contribution in [0.25, 0.3) is 0 Å². The van der Waals surface area contributed by atoms with Crippen molar-refractivity contribution >= 4 is 11.6 Å². The van der Waals surface area contributed by atoms with E-state index >= 15 is 0 Å². The van der Waals surface area contributed by atoms with Crippen LogP contribution in [0.5, 0.6) is 0 Å². The second-order valence-corrected chi connectivity index (χ2v) is 8.37. The van der Waals surface area contributed by atoms with Gasteiger partial charge in [-0.05, 0) is 55.2 Å². The molecule has 3 aromatic rings. The Morgan fingerprint density at radius 2 is 1.62 bits per heavy atom. The van der Waals surface area contributed by atoms with E-state index < -0.39 is 17.2 Å². The lowest BCUT2D eigenvalue weighted by Crippen LogP contribution is -2.40. The molecule has 0 aliphatic heterocycles. The summed E-state index contributed by atoms with van der Waals surface area (Å²) < 4.78 is 0. The summed E-state index contributed by atoms with van der Waals surface area (Å²) in [4.78, 5) is 42.0. The monoisotopic (exact) mass is 432 g/mol. The highest BCUT2D eigenvalue weighted by Crippen LogP contribution is 2.32. The van der Waals surface area contributed by atoms with Crippen LogP contribution in [0, 0.1) is 6.92 Å². The minimum absolute atomic E-state index is 0.00877. The quantitative estimate of drug-likeness (QED) is 0.479. The highest BCUT2D eigenvalue weighted by Gasteiger charge is 2.25. The molecule has 0 bridgehead atoms. The van der Waals surface area contributed by atoms with Crippen LogP contribution >= 0.6 is 0 Å². The Kier molecular flexibility index (Phi) is 6.54. The molecule has 4 rings (SSSR count). The summed E-state index contributed by atoms with van der Waals surface area (Å²) in [5, 5.41) is 6.05. The smallest absolute Gasteiger partial charge is 0.326 e. The maximum Gasteiger partial charge on any atom is 0.326 e. The molecule has 4 N–H and O–H groups in total. The van der Waals surface area contributed by atoms with Gasteiger partial charge in [0.25, 0.3) is 11.5 Å². The normalized spacial score (nSPS) is 18.2. The van der Waals surface area contributed by atoms with Crippen molar-refractivity contribution < 1.29 is 4.79 Å². The fourth-order valence-electron chi connectivity index (χ4n) is 4.37. The Morgan fingerprint density at radius 1 is 0.938 bits per heavy atom. The molecule has 0 unspecified atom stereocenters. The predicted octanol–water partition coefficient (Wildman–Crippen LogP) is 3.44. The molecule has 1 saturated carbocycles. The van der Waals surface area contributed by atoms with Gasteiger partial charge in [0, 0.05) is 12.6 Å². The molecule has 1 heterocycles. The number of carbonyl (C=O) groups is 1. The number of carbonyl (C=O) groups excluding carboxylic acids is 1. The number of aromatic amines is 2. The van der Waals surface area contributed by atoms with Gasteiger partial charge >= 0.3 is 5.69 Å². The maximum absolute atomic E-state index is 13.0. The Hall–Kier alpha value is -3.61. The highest BCUT2D eigenvalue weighted by atomic mass is 16.2. The Bertz CT molecular complexity index is 1190. The van der Waals surface area contributed by atoms with Crippen molar-refractivity contribution in [1.82, 2.24) is 15.3 Å². The predicted molar refractivity (Wildman–Crippen MR) is 125 cm³/mol. The first kappa shape index (κ1) is 21.6. The third-order valence-electron chi connectivity index (χ3n) is 6.22. The van der Waals surface area contributed by atoms with Gasteiger partial charge in [-0.3, -0.25) is 14.6 Å². The van der Waals surface area contributed by atoms with Crippen LogP contribution in [-0.2, 0) is 6.54 Å². The van der Waals surface area contributed by atoms with Crippen molar-refractivity contribution in [2.24, 2.45) is 0 Å². The van der Waals surface area contributed by atoms with E-state index in [1.54, 1.807) is 0 Å². The topological polar surface area (TPSA) is 107 Å². The van der Waals surface area contributed by atoms with Gasteiger partial charge in [-0.15, -0.1) is 0 Å². The first-order chi connectivity index (χ1) is 15.5. The van der Waals surface area contributed by atoms with Crippen molar-refractivity contribution in [2.75, 3.05) is 5.32 Å². The second kappa shape index (κ2) is 9.68. The van der Waals surface area contributed by atoms with Crippen molar-refractivity contribution in [3.8, 4) is 0 Å². The second-order valence-electron chi connectivity index (χ2n) is 8.37. The van der Waals surface area contributed by atoms with E-state index in [1.165, 1.54) is 5.56 Å². The van der Waals surface area contributed by atoms with Gasteiger partial charge < -0.3 is 15.6 Å². The molecule has 166 valence electrons. The van der Waals surface area contributed by atoms with Gasteiger partial charge in [0.05, 0.1) is 0 Å². The minimum Gasteiger partial charge on any atom is -0.375 e. The number of benzene rings is 2. The average molecular weight is 433 g/mol. The Balaban J connectivity index is 1.45. The highest BCUT2D eigenvalue weighted by molar-refractivity contribution is 5.97. The number of rotatable bonds is 6. The van der Waals surface area contributed by atoms with Crippen LogP contribution < -0.4 is 21.9 Å². The van der Waals surface area contributed by atoms with Gasteiger partial charge in [-0.1, -0.05) is 54.6 Å². The Morgan fingerprint density at radius 3 is 2.34 bits per heavy atom. The molecular weight excluding hydrogens is 404 g/mol. The summed E-state index contributed by atoms with van der Waals surface area (Å²) in [6.45, 7) is 2.35. The summed E-state index contributed by atoms with van der Waals surface area (Å²) in [6, 6.07) is 18.2. The van der Waals surface area contributed by atoms with Gasteiger partial charge in [-0.25, -0.2) is 4.79 Å². The van der Waals surface area contributed by atoms with E-state index in [0.29, 0.717) is 12.5 Å². The molecule has 7 nitrogen and oxygen atoms in total. The summed E-state index contributed by atoms with van der Waals surface area (Å²) in [7, 11) is 0. The molecule has 0 spiro atoms. The molecule has 2 aromatic carbocycles. The molecular formula is C25H28N4O3. The van der Waals surface area contributed by atoms with Crippen molar-refractivity contribution in [2.45, 2.75) is 51.1 Å². The molecule has 1 aliphatic carbocycles. The van der Waals surface area contributed by atoms with Crippen molar-refractivity contribution in [1.29, 1.82) is 0 Å². The molecule has 1 aromatic heterocycles. The molecule has 32 heavy (non-hydrogen) atoms. The number of aromatic nitrogens is 2. The number of anilines is 1. The van der Waals surface area contributed by atoms with Gasteiger partial charge in [0.15, 0.2) is 0 Å². The number of nitrogens with one attached hydrogen (secondary N) is 4. The van der Waals surface area contributed by atoms with Gasteiger partial charge in [0.2, 0.25) is 0 Å². The number of H-pyrrole nitrogens is 2. The third kappa shape index (κ3) is 4.99. The van der Waals surface area contributed by atoms with E-state index in [1.807, 2.05) is 37.3 Å². The number of hydrogen-bond donors (Lipinski definition) is 4. The zero-order valence-electron chi connectivity index (χ0n) is 18.1. The average Bonchev–Trinajstić information content (AvgIpc) is 2.80. The molecule has 1 fully saturated rings. The largest absolute Gasteiger partial charge is 0.375 e. The van der Waals surface area contributed by atoms with Crippen LogP contribution in [-0.4, -0.2) is 21.9 Å². The molecule has 1 aliphatic rings. The van der Waals surface area contributed by atoms with E-state index in [9.17, 15) is 14.4 Å². The summed E-state index contributed by atoms with van der Waals surface area (Å²) in [6.07, 6.45) is 3.67. The summed E-state index contributed by atoms with van der Waals surface area (Å²) in [5.41, 5.74) is 2.14. The fourth-order valence-corrected chi connectivity index (χ4v) is 4.37. The van der Waals surface area contributed by atoms with Gasteiger partial charge in [-0.2, -0.15) is 0 Å². The van der Waals surface area contributed by atoms with Crippen LogP contribution in [0.15, 0.2) is 64.2 Å². The minimum atomic E-state index is -0.700. The molecule has 7 heteroatoms. The van der Waals surface area contributed by atoms with Gasteiger partial charge in [0.1, 0.15) is 11.4 Å². The fraction of sp³-hybridized carbons (Fsp3) is 0.320. The number of hydrogen-bond acceptors (Lipinski definition) is 4. The van der Waals surface area contributed by atoms with E-state index in [4.69, 9.17) is 0 Å². The lowest BCUT2D eigenvalue weighted by atomic mass is 9.82. The molecule has 0 atom stereocenters. The van der Waals surface area contributed by atoms with Crippen LogP contribution in [0.2, 0.25) is 0 Å². The van der Waals surface area contributed by atoms with Crippen molar-refractivity contribution in [3.63, 3.8) is 0 Å². The number of amides is 1. The maximum atomic E-state index is 13.0. The van der Waals surface area contributed by atoms with E-state index in [2.05, 4.69) is 44.9 Å². The summed E-state index contributed by atoms with van der Waals surface area (Å²) >= 11 is 0. The molecule has 1 amide bonds. The number of aryl methyl sites for hydroxylation is 1. The van der Waals surface area contributed by atoms with E-state index in [0.717, 1.165) is 36.8 Å². The van der Waals surface area contributed by atoms with Crippen molar-refractivity contribution in [3.05, 3.63) is 97.8 Å². The SMILES string of the molecule is Cc1ccccc1CNc1c(C(=O)NC2CCC(c3ccccc3)CC2)[nH]c(=O)[nH]c1=O. The van der Waals surface area contributed by atoms with Crippen LogP contribution in [0.4, 0.5) is 5.69 Å². The lowest BCUT2D eigenvalue weighted by Gasteiger charge is -2.29. The first-order valence-corrected chi connectivity index (χ1v) is 11.0. The zero-order chi connectivity index (χ0) is 22.5. The third-order valence-corrected chi connectivity index (χ3v) is 6.22. The molecule has 0 radical (unpaired) electrons. The molecule has 0 saturated heterocycles. The Labute approximate surface area is 186 Å². The summed E-state index contributed by atoms with van der Waals surface area (Å²) in [5.74, 6) is 0.0544. The first-order valence-electron chi connectivity index (χ1n) is 11.0.